The Labute approximate surface area is 121 Å². The molecule has 3 nitrogen and oxygen atoms in total. The van der Waals surface area contributed by atoms with Crippen molar-refractivity contribution in [3.63, 3.8) is 0 Å². The van der Waals surface area contributed by atoms with Crippen molar-refractivity contribution in [2.24, 2.45) is 0 Å². The first-order valence-electron chi connectivity index (χ1n) is 7.13. The van der Waals surface area contributed by atoms with Crippen LogP contribution in [-0.4, -0.2) is 24.1 Å². The Morgan fingerprint density at radius 3 is 2.05 bits per heavy atom. The van der Waals surface area contributed by atoms with Crippen LogP contribution in [0.5, 0.6) is 0 Å². The molecule has 1 aromatic rings. The van der Waals surface area contributed by atoms with E-state index in [9.17, 15) is 4.79 Å². The summed E-state index contributed by atoms with van der Waals surface area (Å²) in [6, 6.07) is 9.98. The van der Waals surface area contributed by atoms with Crippen LogP contribution in [-0.2, 0) is 14.1 Å². The van der Waals surface area contributed by atoms with E-state index in [0.29, 0.717) is 6.42 Å². The molecular weight excluding hydrogens is 251 g/mol. The second-order valence-electron chi connectivity index (χ2n) is 6.55. The Balaban J connectivity index is 2.28. The van der Waals surface area contributed by atoms with Crippen molar-refractivity contribution < 1.29 is 14.1 Å². The number of Topliss-reactive ketones (excluding diaryl/α,β-unsaturated/α-hetero) is 1. The molecule has 4 heteroatoms. The van der Waals surface area contributed by atoms with Crippen molar-refractivity contribution in [1.29, 1.82) is 0 Å². The van der Waals surface area contributed by atoms with Crippen LogP contribution < -0.4 is 0 Å². The Kier molecular flexibility index (Phi) is 4.08. The van der Waals surface area contributed by atoms with Gasteiger partial charge in [0.05, 0.1) is 11.2 Å². The third-order valence-electron chi connectivity index (χ3n) is 4.34. The van der Waals surface area contributed by atoms with E-state index < -0.39 is 0 Å². The first kappa shape index (κ1) is 15.3. The minimum atomic E-state index is -0.383. The molecule has 2 rings (SSSR count). The largest absolute Gasteiger partial charge is 0.466 e. The van der Waals surface area contributed by atoms with Crippen molar-refractivity contribution in [3.05, 3.63) is 35.9 Å². The molecule has 0 unspecified atom stereocenters. The van der Waals surface area contributed by atoms with Crippen molar-refractivity contribution in [3.8, 4) is 0 Å². The molecule has 1 aliphatic heterocycles. The fourth-order valence-electron chi connectivity index (χ4n) is 2.43. The number of benzene rings is 1. The summed E-state index contributed by atoms with van der Waals surface area (Å²) in [5.74, 6) is 0.0864. The molecule has 0 radical (unpaired) electrons. The van der Waals surface area contributed by atoms with Crippen LogP contribution in [0.3, 0.4) is 0 Å². The minimum absolute atomic E-state index is 0.0604. The van der Waals surface area contributed by atoms with E-state index in [0.717, 1.165) is 5.56 Å². The molecule has 1 fully saturated rings. The quantitative estimate of drug-likeness (QED) is 0.789. The first-order chi connectivity index (χ1) is 9.23. The molecule has 108 valence electrons. The van der Waals surface area contributed by atoms with Gasteiger partial charge in [0.15, 0.2) is 0 Å². The highest BCUT2D eigenvalue weighted by Crippen LogP contribution is 2.41. The normalized spacial score (nSPS) is 21.8. The third kappa shape index (κ3) is 2.96. The van der Waals surface area contributed by atoms with Crippen LogP contribution >= 0.6 is 0 Å². The SMILES string of the molecule is CC(=O)C[C@H](B1OC(C)(C)C(C)(C)O1)c1ccccc1. The van der Waals surface area contributed by atoms with Crippen molar-refractivity contribution in [2.75, 3.05) is 0 Å². The average Bonchev–Trinajstić information content (AvgIpc) is 2.56. The summed E-state index contributed by atoms with van der Waals surface area (Å²) in [5.41, 5.74) is 0.337. The van der Waals surface area contributed by atoms with Gasteiger partial charge in [-0.15, -0.1) is 0 Å². The van der Waals surface area contributed by atoms with Gasteiger partial charge in [0.25, 0.3) is 0 Å². The van der Waals surface area contributed by atoms with Gasteiger partial charge >= 0.3 is 7.12 Å². The van der Waals surface area contributed by atoms with Crippen molar-refractivity contribution in [2.45, 2.75) is 58.1 Å². The monoisotopic (exact) mass is 274 g/mol. The Morgan fingerprint density at radius 1 is 1.10 bits per heavy atom. The molecule has 1 atom stereocenters. The zero-order valence-electron chi connectivity index (χ0n) is 13.0. The van der Waals surface area contributed by atoms with Gasteiger partial charge in [0, 0.05) is 12.2 Å². The molecule has 0 bridgehead atoms. The van der Waals surface area contributed by atoms with Gasteiger partial charge in [0.1, 0.15) is 5.78 Å². The van der Waals surface area contributed by atoms with Crippen molar-refractivity contribution in [1.82, 2.24) is 0 Å². The molecule has 1 aliphatic rings. The van der Waals surface area contributed by atoms with Crippen LogP contribution in [0.4, 0.5) is 0 Å². The molecule has 0 N–H and O–H groups in total. The number of carbonyl (C=O) groups is 1. The lowest BCUT2D eigenvalue weighted by Gasteiger charge is -2.32. The Bertz CT molecular complexity index is 466. The number of ketones is 1. The highest BCUT2D eigenvalue weighted by molar-refractivity contribution is 6.48. The fraction of sp³-hybridized carbons (Fsp3) is 0.562. The summed E-state index contributed by atoms with van der Waals surface area (Å²) in [6.07, 6.45) is 0.431. The third-order valence-corrected chi connectivity index (χ3v) is 4.34. The second-order valence-corrected chi connectivity index (χ2v) is 6.55. The highest BCUT2D eigenvalue weighted by atomic mass is 16.7. The topological polar surface area (TPSA) is 35.5 Å². The predicted octanol–water partition coefficient (Wildman–Crippen LogP) is 3.38. The summed E-state index contributed by atoms with van der Waals surface area (Å²) < 4.78 is 12.2. The lowest BCUT2D eigenvalue weighted by atomic mass is 9.65. The zero-order valence-corrected chi connectivity index (χ0v) is 13.0. The van der Waals surface area contributed by atoms with Gasteiger partial charge in [-0.3, -0.25) is 0 Å². The minimum Gasteiger partial charge on any atom is -0.403 e. The van der Waals surface area contributed by atoms with E-state index in [1.54, 1.807) is 6.92 Å². The number of hydrogen-bond acceptors (Lipinski definition) is 3. The summed E-state index contributed by atoms with van der Waals surface area (Å²) in [5, 5.41) is 0. The molecule has 0 spiro atoms. The average molecular weight is 274 g/mol. The maximum absolute atomic E-state index is 11.6. The fourth-order valence-corrected chi connectivity index (χ4v) is 2.43. The summed E-state index contributed by atoms with van der Waals surface area (Å²) in [4.78, 5) is 11.6. The molecule has 0 saturated carbocycles. The lowest BCUT2D eigenvalue weighted by Crippen LogP contribution is -2.41. The molecule has 1 heterocycles. The van der Waals surface area contributed by atoms with E-state index >= 15 is 0 Å². The number of rotatable bonds is 4. The smallest absolute Gasteiger partial charge is 0.403 e. The maximum Gasteiger partial charge on any atom is 0.466 e. The van der Waals surface area contributed by atoms with E-state index in [1.165, 1.54) is 0 Å². The predicted molar refractivity (Wildman–Crippen MR) is 80.6 cm³/mol. The van der Waals surface area contributed by atoms with E-state index in [1.807, 2.05) is 58.0 Å². The van der Waals surface area contributed by atoms with Crippen LogP contribution in [0, 0.1) is 0 Å². The lowest BCUT2D eigenvalue weighted by molar-refractivity contribution is -0.117. The van der Waals surface area contributed by atoms with Gasteiger partial charge in [-0.25, -0.2) is 0 Å². The molecule has 1 saturated heterocycles. The Hall–Kier alpha value is -1.13. The molecule has 0 amide bonds. The number of carbonyl (C=O) groups excluding carboxylic acids is 1. The van der Waals surface area contributed by atoms with Crippen LogP contribution in [0.2, 0.25) is 0 Å². The molecular formula is C16H23BO3. The van der Waals surface area contributed by atoms with Crippen LogP contribution in [0.25, 0.3) is 0 Å². The van der Waals surface area contributed by atoms with Crippen molar-refractivity contribution >= 4 is 12.9 Å². The zero-order chi connectivity index (χ0) is 15.0. The molecule has 1 aromatic carbocycles. The number of hydrogen-bond donors (Lipinski definition) is 0. The summed E-state index contributed by atoms with van der Waals surface area (Å²) in [7, 11) is -0.383. The summed E-state index contributed by atoms with van der Waals surface area (Å²) in [6.45, 7) is 9.73. The van der Waals surface area contributed by atoms with Crippen LogP contribution in [0.1, 0.15) is 52.4 Å². The molecule has 20 heavy (non-hydrogen) atoms. The van der Waals surface area contributed by atoms with Gasteiger partial charge in [-0.1, -0.05) is 30.3 Å². The van der Waals surface area contributed by atoms with Gasteiger partial charge < -0.3 is 14.1 Å². The first-order valence-corrected chi connectivity index (χ1v) is 7.13. The summed E-state index contributed by atoms with van der Waals surface area (Å²) >= 11 is 0. The highest BCUT2D eigenvalue weighted by Gasteiger charge is 2.54. The maximum atomic E-state index is 11.6. The molecule has 0 aliphatic carbocycles. The molecule has 0 aromatic heterocycles. The second kappa shape index (κ2) is 5.34. The van der Waals surface area contributed by atoms with Gasteiger partial charge in [0.2, 0.25) is 0 Å². The van der Waals surface area contributed by atoms with Gasteiger partial charge in [-0.2, -0.15) is 0 Å². The Morgan fingerprint density at radius 2 is 1.60 bits per heavy atom. The van der Waals surface area contributed by atoms with E-state index in [2.05, 4.69) is 0 Å². The van der Waals surface area contributed by atoms with E-state index in [4.69, 9.17) is 9.31 Å². The van der Waals surface area contributed by atoms with Crippen LogP contribution in [0.15, 0.2) is 30.3 Å². The van der Waals surface area contributed by atoms with Gasteiger partial charge in [-0.05, 0) is 40.2 Å². The van der Waals surface area contributed by atoms with E-state index in [-0.39, 0.29) is 29.9 Å². The standard InChI is InChI=1S/C16H23BO3/c1-12(18)11-14(13-9-7-6-8-10-13)17-19-15(2,3)16(4,5)20-17/h6-10,14H,11H2,1-5H3/t14-/m0/s1.